The van der Waals surface area contributed by atoms with Gasteiger partial charge in [0.25, 0.3) is 5.91 Å². The molecule has 1 aromatic heterocycles. The second-order valence-corrected chi connectivity index (χ2v) is 5.53. The van der Waals surface area contributed by atoms with Gasteiger partial charge in [-0.25, -0.2) is 4.98 Å². The second-order valence-electron chi connectivity index (χ2n) is 4.53. The summed E-state index contributed by atoms with van der Waals surface area (Å²) >= 11 is 1.43. The fourth-order valence-electron chi connectivity index (χ4n) is 1.70. The van der Waals surface area contributed by atoms with Crippen molar-refractivity contribution in [3.63, 3.8) is 0 Å². The average molecular weight is 275 g/mol. The van der Waals surface area contributed by atoms with Crippen LogP contribution >= 0.6 is 11.3 Å². The summed E-state index contributed by atoms with van der Waals surface area (Å²) in [6.45, 7) is 2.40. The van der Waals surface area contributed by atoms with Crippen molar-refractivity contribution in [3.05, 3.63) is 40.4 Å². The lowest BCUT2D eigenvalue weighted by atomic mass is 10.1. The summed E-state index contributed by atoms with van der Waals surface area (Å²) in [5, 5.41) is 0.867. The molecule has 0 aliphatic carbocycles. The summed E-state index contributed by atoms with van der Waals surface area (Å²) in [5.41, 5.74) is 8.46. The monoisotopic (exact) mass is 275 g/mol. The molecule has 0 aliphatic heterocycles. The number of aryl methyl sites for hydroxylation is 1. The SMILES string of the molecule is Cc1nc(-c2ccc(CN)cc2)sc1C(=O)N(C)C. The van der Waals surface area contributed by atoms with Crippen LogP contribution in [-0.4, -0.2) is 29.9 Å². The summed E-state index contributed by atoms with van der Waals surface area (Å²) in [7, 11) is 3.49. The Kier molecular flexibility index (Phi) is 3.97. The third-order valence-corrected chi connectivity index (χ3v) is 4.03. The van der Waals surface area contributed by atoms with Gasteiger partial charge in [-0.2, -0.15) is 0 Å². The second kappa shape index (κ2) is 5.50. The zero-order valence-corrected chi connectivity index (χ0v) is 12.1. The first-order chi connectivity index (χ1) is 9.02. The Bertz CT molecular complexity index is 587. The van der Waals surface area contributed by atoms with Gasteiger partial charge >= 0.3 is 0 Å². The van der Waals surface area contributed by atoms with Crippen LogP contribution in [0.5, 0.6) is 0 Å². The van der Waals surface area contributed by atoms with Gasteiger partial charge in [-0.1, -0.05) is 24.3 Å². The average Bonchev–Trinajstić information content (AvgIpc) is 2.80. The zero-order valence-electron chi connectivity index (χ0n) is 11.3. The number of rotatable bonds is 3. The Morgan fingerprint density at radius 3 is 2.47 bits per heavy atom. The molecule has 0 unspecified atom stereocenters. The molecule has 0 atom stereocenters. The van der Waals surface area contributed by atoms with Gasteiger partial charge in [0.1, 0.15) is 9.88 Å². The predicted molar refractivity (Wildman–Crippen MR) is 78.2 cm³/mol. The maximum atomic E-state index is 12.0. The van der Waals surface area contributed by atoms with Crippen LogP contribution in [0, 0.1) is 6.92 Å². The highest BCUT2D eigenvalue weighted by atomic mass is 32.1. The van der Waals surface area contributed by atoms with Crippen molar-refractivity contribution in [2.75, 3.05) is 14.1 Å². The number of carbonyl (C=O) groups is 1. The topological polar surface area (TPSA) is 59.2 Å². The van der Waals surface area contributed by atoms with Crippen molar-refractivity contribution >= 4 is 17.2 Å². The van der Waals surface area contributed by atoms with Gasteiger partial charge in [0.2, 0.25) is 0 Å². The van der Waals surface area contributed by atoms with Crippen molar-refractivity contribution in [2.45, 2.75) is 13.5 Å². The number of aromatic nitrogens is 1. The minimum absolute atomic E-state index is 0.000159. The molecule has 2 N–H and O–H groups in total. The highest BCUT2D eigenvalue weighted by Gasteiger charge is 2.17. The molecule has 1 amide bonds. The molecule has 0 saturated carbocycles. The van der Waals surface area contributed by atoms with Crippen molar-refractivity contribution in [1.82, 2.24) is 9.88 Å². The molecule has 1 heterocycles. The molecule has 0 fully saturated rings. The third kappa shape index (κ3) is 2.83. The van der Waals surface area contributed by atoms with E-state index in [2.05, 4.69) is 4.98 Å². The molecular formula is C14H17N3OS. The molecule has 2 aromatic rings. The van der Waals surface area contributed by atoms with Gasteiger partial charge in [0, 0.05) is 26.2 Å². The highest BCUT2D eigenvalue weighted by Crippen LogP contribution is 2.28. The molecule has 1 aromatic carbocycles. The number of benzene rings is 1. The molecule has 0 saturated heterocycles. The lowest BCUT2D eigenvalue weighted by molar-refractivity contribution is 0.0831. The van der Waals surface area contributed by atoms with E-state index >= 15 is 0 Å². The first kappa shape index (κ1) is 13.7. The van der Waals surface area contributed by atoms with Gasteiger partial charge in [0.05, 0.1) is 5.69 Å². The van der Waals surface area contributed by atoms with Crippen molar-refractivity contribution < 1.29 is 4.79 Å². The smallest absolute Gasteiger partial charge is 0.265 e. The maximum absolute atomic E-state index is 12.0. The molecule has 2 rings (SSSR count). The van der Waals surface area contributed by atoms with Crippen LogP contribution in [0.1, 0.15) is 20.9 Å². The molecule has 4 nitrogen and oxygen atoms in total. The van der Waals surface area contributed by atoms with E-state index in [1.165, 1.54) is 11.3 Å². The van der Waals surface area contributed by atoms with E-state index in [1.54, 1.807) is 19.0 Å². The number of hydrogen-bond donors (Lipinski definition) is 1. The van der Waals surface area contributed by atoms with Crippen LogP contribution in [0.25, 0.3) is 10.6 Å². The van der Waals surface area contributed by atoms with E-state index in [9.17, 15) is 4.79 Å². The Balaban J connectivity index is 2.35. The standard InChI is InChI=1S/C14H17N3OS/c1-9-12(14(18)17(2)3)19-13(16-9)11-6-4-10(8-15)5-7-11/h4-7H,8,15H2,1-3H3. The van der Waals surface area contributed by atoms with E-state index < -0.39 is 0 Å². The van der Waals surface area contributed by atoms with Gasteiger partial charge in [-0.3, -0.25) is 4.79 Å². The third-order valence-electron chi connectivity index (χ3n) is 2.83. The highest BCUT2D eigenvalue weighted by molar-refractivity contribution is 7.17. The first-order valence-electron chi connectivity index (χ1n) is 6.01. The van der Waals surface area contributed by atoms with Crippen LogP contribution in [-0.2, 0) is 6.54 Å². The molecule has 0 bridgehead atoms. The lowest BCUT2D eigenvalue weighted by Crippen LogP contribution is -2.21. The van der Waals surface area contributed by atoms with Crippen molar-refractivity contribution in [3.8, 4) is 10.6 Å². The predicted octanol–water partition coefficient (Wildman–Crippen LogP) is 2.28. The number of amides is 1. The Morgan fingerprint density at radius 2 is 1.95 bits per heavy atom. The van der Waals surface area contributed by atoms with Crippen molar-refractivity contribution in [2.24, 2.45) is 5.73 Å². The summed E-state index contributed by atoms with van der Waals surface area (Å²) in [6, 6.07) is 7.95. The normalized spacial score (nSPS) is 10.5. The fraction of sp³-hybridized carbons (Fsp3) is 0.286. The zero-order chi connectivity index (χ0) is 14.0. The molecular weight excluding hydrogens is 258 g/mol. The molecule has 0 aliphatic rings. The van der Waals surface area contributed by atoms with E-state index in [4.69, 9.17) is 5.73 Å². The Morgan fingerprint density at radius 1 is 1.32 bits per heavy atom. The quantitative estimate of drug-likeness (QED) is 0.935. The molecule has 5 heteroatoms. The number of nitrogens with two attached hydrogens (primary N) is 1. The summed E-state index contributed by atoms with van der Waals surface area (Å²) in [4.78, 5) is 18.7. The van der Waals surface area contributed by atoms with Crippen LogP contribution in [0.2, 0.25) is 0 Å². The minimum atomic E-state index is -0.000159. The number of hydrogen-bond acceptors (Lipinski definition) is 4. The van der Waals surface area contributed by atoms with Crippen LogP contribution < -0.4 is 5.73 Å². The molecule has 0 radical (unpaired) electrons. The molecule has 100 valence electrons. The van der Waals surface area contributed by atoms with E-state index in [0.29, 0.717) is 11.4 Å². The van der Waals surface area contributed by atoms with Gasteiger partial charge in [0.15, 0.2) is 0 Å². The number of carbonyl (C=O) groups excluding carboxylic acids is 1. The summed E-state index contributed by atoms with van der Waals surface area (Å²) in [5.74, 6) is -0.000159. The lowest BCUT2D eigenvalue weighted by Gasteiger charge is -2.07. The summed E-state index contributed by atoms with van der Waals surface area (Å²) in [6.07, 6.45) is 0. The van der Waals surface area contributed by atoms with Gasteiger partial charge < -0.3 is 10.6 Å². The Hall–Kier alpha value is -1.72. The van der Waals surface area contributed by atoms with E-state index in [0.717, 1.165) is 21.8 Å². The van der Waals surface area contributed by atoms with Gasteiger partial charge in [-0.05, 0) is 12.5 Å². The number of nitrogens with zero attached hydrogens (tertiary/aromatic N) is 2. The Labute approximate surface area is 116 Å². The maximum Gasteiger partial charge on any atom is 0.265 e. The van der Waals surface area contributed by atoms with E-state index in [-0.39, 0.29) is 5.91 Å². The van der Waals surface area contributed by atoms with Crippen LogP contribution in [0.15, 0.2) is 24.3 Å². The van der Waals surface area contributed by atoms with E-state index in [1.807, 2.05) is 31.2 Å². The largest absolute Gasteiger partial charge is 0.344 e. The fourth-order valence-corrected chi connectivity index (χ4v) is 2.80. The molecule has 0 spiro atoms. The van der Waals surface area contributed by atoms with Crippen molar-refractivity contribution in [1.29, 1.82) is 0 Å². The van der Waals surface area contributed by atoms with Crippen LogP contribution in [0.3, 0.4) is 0 Å². The summed E-state index contributed by atoms with van der Waals surface area (Å²) < 4.78 is 0. The first-order valence-corrected chi connectivity index (χ1v) is 6.83. The minimum Gasteiger partial charge on any atom is -0.344 e. The number of thiazole rings is 1. The van der Waals surface area contributed by atoms with Crippen LogP contribution in [0.4, 0.5) is 0 Å². The van der Waals surface area contributed by atoms with Gasteiger partial charge in [-0.15, -0.1) is 11.3 Å². The molecule has 19 heavy (non-hydrogen) atoms.